The Hall–Kier alpha value is -1.85. The zero-order chi connectivity index (χ0) is 17.0. The quantitative estimate of drug-likeness (QED) is 0.614. The highest BCUT2D eigenvalue weighted by molar-refractivity contribution is 9.10. The first-order valence-electron chi connectivity index (χ1n) is 6.81. The second-order valence-electron chi connectivity index (χ2n) is 5.13. The molecule has 1 unspecified atom stereocenters. The SMILES string of the molecule is COc1ccc(Br)cc1/C=C(\C#N)C(=O)NC1CCS(=O)(=O)C1. The summed E-state index contributed by atoms with van der Waals surface area (Å²) in [4.78, 5) is 12.2. The topological polar surface area (TPSA) is 96.3 Å². The standard InChI is InChI=1S/C15H15BrN2O4S/c1-22-14-3-2-12(16)7-10(14)6-11(8-17)15(19)18-13-4-5-23(20,21)9-13/h2-3,6-7,13H,4-5,9H2,1H3,(H,18,19)/b11-6+. The van der Waals surface area contributed by atoms with Crippen molar-refractivity contribution >= 4 is 37.8 Å². The second kappa shape index (κ2) is 7.15. The number of methoxy groups -OCH3 is 1. The van der Waals surface area contributed by atoms with Gasteiger partial charge in [0.25, 0.3) is 5.91 Å². The third-order valence-corrected chi connectivity index (χ3v) is 5.69. The van der Waals surface area contributed by atoms with Gasteiger partial charge in [0.2, 0.25) is 0 Å². The minimum absolute atomic E-state index is 0.0585. The van der Waals surface area contributed by atoms with E-state index in [4.69, 9.17) is 4.74 Å². The summed E-state index contributed by atoms with van der Waals surface area (Å²) >= 11 is 3.32. The summed E-state index contributed by atoms with van der Waals surface area (Å²) in [6.07, 6.45) is 1.79. The van der Waals surface area contributed by atoms with Crippen molar-refractivity contribution in [1.82, 2.24) is 5.32 Å². The fourth-order valence-electron chi connectivity index (χ4n) is 2.29. The largest absolute Gasteiger partial charge is 0.496 e. The van der Waals surface area contributed by atoms with Crippen LogP contribution in [0.4, 0.5) is 0 Å². The van der Waals surface area contributed by atoms with Gasteiger partial charge >= 0.3 is 0 Å². The molecule has 8 heteroatoms. The van der Waals surface area contributed by atoms with Crippen LogP contribution in [0, 0.1) is 11.3 Å². The van der Waals surface area contributed by atoms with Crippen molar-refractivity contribution in [3.05, 3.63) is 33.8 Å². The lowest BCUT2D eigenvalue weighted by Gasteiger charge is -2.10. The van der Waals surface area contributed by atoms with Crippen LogP contribution in [0.3, 0.4) is 0 Å². The van der Waals surface area contributed by atoms with Crippen molar-refractivity contribution < 1.29 is 17.9 Å². The van der Waals surface area contributed by atoms with Crippen LogP contribution >= 0.6 is 15.9 Å². The van der Waals surface area contributed by atoms with Crippen LogP contribution < -0.4 is 10.1 Å². The molecule has 0 aromatic heterocycles. The molecule has 1 atom stereocenters. The number of amides is 1. The molecule has 23 heavy (non-hydrogen) atoms. The fraction of sp³-hybridized carbons (Fsp3) is 0.333. The number of ether oxygens (including phenoxy) is 1. The van der Waals surface area contributed by atoms with E-state index < -0.39 is 21.8 Å². The molecule has 0 spiro atoms. The Kier molecular flexibility index (Phi) is 5.44. The van der Waals surface area contributed by atoms with Gasteiger partial charge in [-0.2, -0.15) is 5.26 Å². The smallest absolute Gasteiger partial charge is 0.262 e. The third kappa shape index (κ3) is 4.56. The number of carbonyl (C=O) groups excluding carboxylic acids is 1. The third-order valence-electron chi connectivity index (χ3n) is 3.42. The second-order valence-corrected chi connectivity index (χ2v) is 8.27. The molecule has 0 aliphatic carbocycles. The van der Waals surface area contributed by atoms with Crippen molar-refractivity contribution in [2.24, 2.45) is 0 Å². The van der Waals surface area contributed by atoms with Gasteiger partial charge in [-0.1, -0.05) is 15.9 Å². The molecule has 6 nitrogen and oxygen atoms in total. The summed E-state index contributed by atoms with van der Waals surface area (Å²) in [7, 11) is -1.60. The minimum Gasteiger partial charge on any atom is -0.496 e. The van der Waals surface area contributed by atoms with Crippen LogP contribution in [0.2, 0.25) is 0 Å². The van der Waals surface area contributed by atoms with Crippen LogP contribution in [0.1, 0.15) is 12.0 Å². The van der Waals surface area contributed by atoms with Gasteiger partial charge < -0.3 is 10.1 Å². The van der Waals surface area contributed by atoms with E-state index in [0.29, 0.717) is 17.7 Å². The monoisotopic (exact) mass is 398 g/mol. The maximum Gasteiger partial charge on any atom is 0.262 e. The molecule has 0 radical (unpaired) electrons. The Labute approximate surface area is 143 Å². The van der Waals surface area contributed by atoms with Gasteiger partial charge in [0.1, 0.15) is 17.4 Å². The highest BCUT2D eigenvalue weighted by Crippen LogP contribution is 2.25. The van der Waals surface area contributed by atoms with Gasteiger partial charge in [-0.15, -0.1) is 0 Å². The minimum atomic E-state index is -3.09. The molecule has 1 fully saturated rings. The van der Waals surface area contributed by atoms with Crippen LogP contribution in [-0.2, 0) is 14.6 Å². The molecule has 1 aliphatic heterocycles. The van der Waals surface area contributed by atoms with Gasteiger partial charge in [0, 0.05) is 16.1 Å². The Morgan fingerprint density at radius 1 is 1.52 bits per heavy atom. The average Bonchev–Trinajstić information content (AvgIpc) is 2.83. The lowest BCUT2D eigenvalue weighted by atomic mass is 10.1. The van der Waals surface area contributed by atoms with E-state index in [-0.39, 0.29) is 17.1 Å². The lowest BCUT2D eigenvalue weighted by Crippen LogP contribution is -2.36. The number of rotatable bonds is 4. The predicted octanol–water partition coefficient (Wildman–Crippen LogP) is 1.67. The van der Waals surface area contributed by atoms with E-state index in [0.717, 1.165) is 4.47 Å². The Balaban J connectivity index is 2.21. The first-order chi connectivity index (χ1) is 10.8. The van der Waals surface area contributed by atoms with E-state index in [1.54, 1.807) is 18.2 Å². The zero-order valence-corrected chi connectivity index (χ0v) is 14.8. The number of benzene rings is 1. The maximum absolute atomic E-state index is 12.2. The summed E-state index contributed by atoms with van der Waals surface area (Å²) in [6, 6.07) is 6.62. The van der Waals surface area contributed by atoms with E-state index in [9.17, 15) is 18.5 Å². The van der Waals surface area contributed by atoms with E-state index in [1.165, 1.54) is 13.2 Å². The van der Waals surface area contributed by atoms with Gasteiger partial charge in [-0.3, -0.25) is 4.79 Å². The van der Waals surface area contributed by atoms with E-state index >= 15 is 0 Å². The summed E-state index contributed by atoms with van der Waals surface area (Å²) in [6.45, 7) is 0. The molecule has 1 N–H and O–H groups in total. The first kappa shape index (κ1) is 17.5. The van der Waals surface area contributed by atoms with Crippen molar-refractivity contribution in [2.75, 3.05) is 18.6 Å². The number of nitrogens with one attached hydrogen (secondary N) is 1. The van der Waals surface area contributed by atoms with Crippen molar-refractivity contribution in [3.8, 4) is 11.8 Å². The van der Waals surface area contributed by atoms with Gasteiger partial charge in [0.05, 0.1) is 18.6 Å². The van der Waals surface area contributed by atoms with Gasteiger partial charge in [-0.05, 0) is 30.7 Å². The normalized spacial score (nSPS) is 19.9. The van der Waals surface area contributed by atoms with Crippen molar-refractivity contribution in [1.29, 1.82) is 5.26 Å². The fourth-order valence-corrected chi connectivity index (χ4v) is 4.35. The summed E-state index contributed by atoms with van der Waals surface area (Å²) < 4.78 is 28.8. The van der Waals surface area contributed by atoms with Crippen LogP contribution in [0.15, 0.2) is 28.2 Å². The number of sulfone groups is 1. The molecule has 1 heterocycles. The average molecular weight is 399 g/mol. The molecule has 0 bridgehead atoms. The maximum atomic E-state index is 12.2. The Morgan fingerprint density at radius 3 is 2.83 bits per heavy atom. The number of nitrogens with zero attached hydrogens (tertiary/aromatic N) is 1. The molecular weight excluding hydrogens is 384 g/mol. The van der Waals surface area contributed by atoms with Gasteiger partial charge in [-0.25, -0.2) is 8.42 Å². The van der Waals surface area contributed by atoms with Crippen molar-refractivity contribution in [2.45, 2.75) is 12.5 Å². The van der Waals surface area contributed by atoms with E-state index in [1.807, 2.05) is 6.07 Å². The summed E-state index contributed by atoms with van der Waals surface area (Å²) in [5, 5.41) is 11.8. The molecule has 1 aromatic carbocycles. The Morgan fingerprint density at radius 2 is 2.26 bits per heavy atom. The van der Waals surface area contributed by atoms with Crippen LogP contribution in [0.25, 0.3) is 6.08 Å². The summed E-state index contributed by atoms with van der Waals surface area (Å²) in [5.41, 5.74) is 0.471. The number of nitriles is 1. The molecule has 1 amide bonds. The highest BCUT2D eigenvalue weighted by atomic mass is 79.9. The summed E-state index contributed by atoms with van der Waals surface area (Å²) in [5.74, 6) is -0.0884. The highest BCUT2D eigenvalue weighted by Gasteiger charge is 2.29. The number of hydrogen-bond acceptors (Lipinski definition) is 5. The number of hydrogen-bond donors (Lipinski definition) is 1. The number of carbonyl (C=O) groups is 1. The predicted molar refractivity (Wildman–Crippen MR) is 89.5 cm³/mol. The van der Waals surface area contributed by atoms with Gasteiger partial charge in [0.15, 0.2) is 9.84 Å². The molecule has 1 aromatic rings. The lowest BCUT2D eigenvalue weighted by molar-refractivity contribution is -0.117. The van der Waals surface area contributed by atoms with Crippen molar-refractivity contribution in [3.63, 3.8) is 0 Å². The Bertz CT molecular complexity index is 796. The zero-order valence-electron chi connectivity index (χ0n) is 12.4. The molecular formula is C15H15BrN2O4S. The molecule has 122 valence electrons. The molecule has 1 aliphatic rings. The first-order valence-corrected chi connectivity index (χ1v) is 9.42. The number of halogens is 1. The molecule has 2 rings (SSSR count). The molecule has 1 saturated heterocycles. The van der Waals surface area contributed by atoms with E-state index in [2.05, 4.69) is 21.2 Å². The van der Waals surface area contributed by atoms with Crippen LogP contribution in [0.5, 0.6) is 5.75 Å². The molecule has 0 saturated carbocycles. The van der Waals surface area contributed by atoms with Crippen LogP contribution in [-0.4, -0.2) is 39.0 Å².